The van der Waals surface area contributed by atoms with E-state index in [1.54, 1.807) is 25.1 Å². The number of methoxy groups -OCH3 is 1. The maximum absolute atomic E-state index is 13.2. The number of phenolic OH excluding ortho intramolecular Hbond substituents is 1. The Morgan fingerprint density at radius 2 is 1.96 bits per heavy atom. The molecule has 2 aromatic rings. The van der Waals surface area contributed by atoms with Crippen LogP contribution in [0.3, 0.4) is 0 Å². The summed E-state index contributed by atoms with van der Waals surface area (Å²) in [5.74, 6) is -0.937. The van der Waals surface area contributed by atoms with Crippen LogP contribution in [0.4, 0.5) is 0 Å². The summed E-state index contributed by atoms with van der Waals surface area (Å²) in [6.45, 7) is 1.14. The number of carbonyl (C=O) groups is 2. The number of aliphatic hydroxyl groups is 2. The highest BCUT2D eigenvalue weighted by atomic mass is 16.5. The number of rotatable bonds is 4. The van der Waals surface area contributed by atoms with Gasteiger partial charge < -0.3 is 20.1 Å². The van der Waals surface area contributed by atoms with E-state index in [0.29, 0.717) is 11.3 Å². The van der Waals surface area contributed by atoms with Crippen LogP contribution in [0.1, 0.15) is 50.8 Å². The molecule has 2 aromatic carbocycles. The van der Waals surface area contributed by atoms with Gasteiger partial charge in [0.1, 0.15) is 11.5 Å². The van der Waals surface area contributed by atoms with Crippen molar-refractivity contribution in [1.29, 1.82) is 0 Å². The highest BCUT2D eigenvalue weighted by Gasteiger charge is 2.37. The normalized spacial score (nSPS) is 19.2. The van der Waals surface area contributed by atoms with E-state index in [1.165, 1.54) is 19.2 Å². The second-order valence-corrected chi connectivity index (χ2v) is 6.74. The van der Waals surface area contributed by atoms with E-state index in [4.69, 9.17) is 4.74 Å². The number of hydrogen-bond donors (Lipinski definition) is 3. The molecule has 0 fully saturated rings. The summed E-state index contributed by atoms with van der Waals surface area (Å²) in [5, 5.41) is 30.2. The van der Waals surface area contributed by atoms with E-state index in [2.05, 4.69) is 0 Å². The lowest BCUT2D eigenvalue weighted by molar-refractivity contribution is 0.0408. The van der Waals surface area contributed by atoms with Crippen molar-refractivity contribution < 1.29 is 29.6 Å². The van der Waals surface area contributed by atoms with Crippen LogP contribution >= 0.6 is 0 Å². The summed E-state index contributed by atoms with van der Waals surface area (Å²) in [6, 6.07) is 7.62. The van der Waals surface area contributed by atoms with Gasteiger partial charge >= 0.3 is 0 Å². The van der Waals surface area contributed by atoms with Crippen molar-refractivity contribution in [3.8, 4) is 11.5 Å². The van der Waals surface area contributed by atoms with Gasteiger partial charge in [-0.15, -0.1) is 0 Å². The third-order valence-electron chi connectivity index (χ3n) is 4.64. The van der Waals surface area contributed by atoms with Gasteiger partial charge in [-0.1, -0.05) is 18.2 Å². The van der Waals surface area contributed by atoms with Crippen molar-refractivity contribution in [2.24, 2.45) is 0 Å². The molecule has 0 amide bonds. The maximum atomic E-state index is 13.2. The molecular weight excluding hydrogens is 336 g/mol. The van der Waals surface area contributed by atoms with E-state index < -0.39 is 23.8 Å². The monoisotopic (exact) mass is 356 g/mol. The largest absolute Gasteiger partial charge is 0.507 e. The minimum atomic E-state index is -1.19. The van der Waals surface area contributed by atoms with Gasteiger partial charge in [-0.3, -0.25) is 9.59 Å². The maximum Gasteiger partial charge on any atom is 0.197 e. The fourth-order valence-corrected chi connectivity index (χ4v) is 3.50. The predicted molar refractivity (Wildman–Crippen MR) is 93.7 cm³/mol. The number of ketones is 2. The lowest BCUT2D eigenvalue weighted by Gasteiger charge is -2.30. The summed E-state index contributed by atoms with van der Waals surface area (Å²) in [5.41, 5.74) is -0.207. The number of aliphatic hydroxyl groups excluding tert-OH is 1. The molecule has 0 saturated heterocycles. The molecule has 0 radical (unpaired) electrons. The Bertz CT molecular complexity index is 897. The first-order valence-corrected chi connectivity index (χ1v) is 8.21. The molecule has 0 spiro atoms. The fourth-order valence-electron chi connectivity index (χ4n) is 3.50. The molecule has 3 rings (SSSR count). The highest BCUT2D eigenvalue weighted by molar-refractivity contribution is 6.19. The van der Waals surface area contributed by atoms with Crippen molar-refractivity contribution in [3.05, 3.63) is 58.1 Å². The van der Waals surface area contributed by atoms with Gasteiger partial charge in [0.15, 0.2) is 11.6 Å². The minimum absolute atomic E-state index is 0.106. The van der Waals surface area contributed by atoms with Gasteiger partial charge in [0, 0.05) is 29.5 Å². The Labute approximate surface area is 150 Å². The van der Waals surface area contributed by atoms with Crippen molar-refractivity contribution in [2.75, 3.05) is 7.11 Å². The Balaban J connectivity index is 2.20. The number of benzene rings is 2. The average molecular weight is 356 g/mol. The number of fused-ring (bicyclic) bond motifs is 1. The molecule has 0 unspecified atom stereocenters. The summed E-state index contributed by atoms with van der Waals surface area (Å²) < 4.78 is 5.18. The fraction of sp³-hybridized carbons (Fsp3) is 0.300. The Hall–Kier alpha value is -2.70. The standard InChI is InChI=1S/C20H20O6/c1-20(25)8-11-6-7-14(22)18(17(11)15(23)9-20)19(24)12-4-3-5-16(26-2)13(12)10-21/h3-7,21-22,25H,8-10H2,1-2H3/t20-/m1/s1. The number of phenols is 1. The first-order valence-electron chi connectivity index (χ1n) is 8.21. The van der Waals surface area contributed by atoms with Gasteiger partial charge in [0.2, 0.25) is 0 Å². The van der Waals surface area contributed by atoms with E-state index >= 15 is 0 Å². The zero-order valence-electron chi connectivity index (χ0n) is 14.6. The SMILES string of the molecule is COc1cccc(C(=O)c2c(O)ccc3c2C(=O)C[C@](C)(O)C3)c1CO. The zero-order valence-corrected chi connectivity index (χ0v) is 14.6. The number of Topliss-reactive ketones (excluding diaryl/α,β-unsaturated/α-hetero) is 1. The average Bonchev–Trinajstić information content (AvgIpc) is 2.60. The third-order valence-corrected chi connectivity index (χ3v) is 4.64. The minimum Gasteiger partial charge on any atom is -0.507 e. The van der Waals surface area contributed by atoms with Crippen LogP contribution in [0, 0.1) is 0 Å². The molecule has 0 aliphatic heterocycles. The van der Waals surface area contributed by atoms with Crippen LogP contribution in [0.2, 0.25) is 0 Å². The quantitative estimate of drug-likeness (QED) is 0.724. The van der Waals surface area contributed by atoms with Gasteiger partial charge in [-0.05, 0) is 24.6 Å². The molecule has 0 aromatic heterocycles. The summed E-state index contributed by atoms with van der Waals surface area (Å²) in [6.07, 6.45) is 0.0777. The molecule has 0 bridgehead atoms. The smallest absolute Gasteiger partial charge is 0.197 e. The van der Waals surface area contributed by atoms with Crippen molar-refractivity contribution in [1.82, 2.24) is 0 Å². The number of hydrogen-bond acceptors (Lipinski definition) is 6. The molecule has 1 aliphatic carbocycles. The molecule has 1 aliphatic rings. The lowest BCUT2D eigenvalue weighted by Crippen LogP contribution is -2.36. The van der Waals surface area contributed by atoms with Crippen LogP contribution in [0.15, 0.2) is 30.3 Å². The molecule has 136 valence electrons. The number of carbonyl (C=O) groups excluding carboxylic acids is 2. The number of ether oxygens (including phenoxy) is 1. The van der Waals surface area contributed by atoms with Crippen LogP contribution in [-0.4, -0.2) is 39.6 Å². The molecule has 0 heterocycles. The Morgan fingerprint density at radius 1 is 1.23 bits per heavy atom. The first-order chi connectivity index (χ1) is 12.3. The molecule has 0 saturated carbocycles. The first kappa shape index (κ1) is 18.1. The van der Waals surface area contributed by atoms with Crippen LogP contribution in [0.5, 0.6) is 11.5 Å². The van der Waals surface area contributed by atoms with E-state index in [9.17, 15) is 24.9 Å². The van der Waals surface area contributed by atoms with Crippen molar-refractivity contribution in [2.45, 2.75) is 32.0 Å². The predicted octanol–water partition coefficient (Wildman–Crippen LogP) is 2.00. The molecule has 1 atom stereocenters. The van der Waals surface area contributed by atoms with Crippen LogP contribution in [0.25, 0.3) is 0 Å². The zero-order chi connectivity index (χ0) is 19.1. The molecular formula is C20H20O6. The molecule has 3 N–H and O–H groups in total. The second-order valence-electron chi connectivity index (χ2n) is 6.74. The summed E-state index contributed by atoms with van der Waals surface area (Å²) in [4.78, 5) is 25.7. The second kappa shape index (κ2) is 6.55. The van der Waals surface area contributed by atoms with Gasteiger partial charge in [-0.2, -0.15) is 0 Å². The topological polar surface area (TPSA) is 104 Å². The number of aromatic hydroxyl groups is 1. The molecule has 26 heavy (non-hydrogen) atoms. The molecule has 6 nitrogen and oxygen atoms in total. The molecule has 6 heteroatoms. The third kappa shape index (κ3) is 2.98. The van der Waals surface area contributed by atoms with E-state index in [-0.39, 0.29) is 40.8 Å². The summed E-state index contributed by atoms with van der Waals surface area (Å²) in [7, 11) is 1.43. The Morgan fingerprint density at radius 3 is 2.62 bits per heavy atom. The lowest BCUT2D eigenvalue weighted by atomic mass is 9.77. The van der Waals surface area contributed by atoms with Crippen LogP contribution < -0.4 is 4.74 Å². The van der Waals surface area contributed by atoms with Crippen molar-refractivity contribution in [3.63, 3.8) is 0 Å². The van der Waals surface area contributed by atoms with E-state index in [0.717, 1.165) is 0 Å². The van der Waals surface area contributed by atoms with Gasteiger partial charge in [0.25, 0.3) is 0 Å². The van der Waals surface area contributed by atoms with E-state index in [1.807, 2.05) is 0 Å². The van der Waals surface area contributed by atoms with Crippen LogP contribution in [-0.2, 0) is 13.0 Å². The Kier molecular flexibility index (Phi) is 4.56. The van der Waals surface area contributed by atoms with Crippen molar-refractivity contribution >= 4 is 11.6 Å². The summed E-state index contributed by atoms with van der Waals surface area (Å²) >= 11 is 0. The highest BCUT2D eigenvalue weighted by Crippen LogP contribution is 2.36. The van der Waals surface area contributed by atoms with Gasteiger partial charge in [0.05, 0.1) is 24.9 Å². The van der Waals surface area contributed by atoms with Gasteiger partial charge in [-0.25, -0.2) is 0 Å².